The largest absolute Gasteiger partial charge is 0.353 e. The van der Waals surface area contributed by atoms with Crippen LogP contribution in [-0.2, 0) is 17.8 Å². The summed E-state index contributed by atoms with van der Waals surface area (Å²) in [4.78, 5) is 16.2. The first-order valence-electron chi connectivity index (χ1n) is 7.30. The third-order valence-corrected chi connectivity index (χ3v) is 3.76. The summed E-state index contributed by atoms with van der Waals surface area (Å²) in [6.45, 7) is 0.371. The molecule has 3 N–H and O–H groups in total. The zero-order chi connectivity index (χ0) is 15.3. The number of alkyl halides is 2. The Morgan fingerprint density at radius 1 is 1.26 bits per heavy atom. The van der Waals surface area contributed by atoms with E-state index in [9.17, 15) is 13.6 Å². The van der Waals surface area contributed by atoms with E-state index >= 15 is 0 Å². The van der Waals surface area contributed by atoms with Crippen molar-refractivity contribution in [3.63, 3.8) is 0 Å². The first-order chi connectivity index (χ1) is 9.98. The zero-order valence-electron chi connectivity index (χ0n) is 12.8. The molecule has 1 amide bonds. The highest BCUT2D eigenvalue weighted by Gasteiger charge is 2.35. The Morgan fingerprint density at radius 3 is 2.48 bits per heavy atom. The van der Waals surface area contributed by atoms with Gasteiger partial charge in [0.2, 0.25) is 11.8 Å². The quantitative estimate of drug-likeness (QED) is 0.837. The number of nitrogens with two attached hydrogens (primary N) is 1. The highest BCUT2D eigenvalue weighted by atomic mass is 35.5. The topological polar surface area (TPSA) is 68.0 Å². The van der Waals surface area contributed by atoms with Crippen LogP contribution in [0.1, 0.15) is 43.5 Å². The van der Waals surface area contributed by atoms with Gasteiger partial charge in [0.05, 0.1) is 5.69 Å². The summed E-state index contributed by atoms with van der Waals surface area (Å²) in [5.41, 5.74) is 7.13. The smallest absolute Gasteiger partial charge is 0.248 e. The molecule has 1 heterocycles. The molecule has 132 valence electrons. The Labute approximate surface area is 147 Å². The fraction of sp³-hybridized carbons (Fsp3) is 0.600. The van der Waals surface area contributed by atoms with E-state index in [4.69, 9.17) is 5.73 Å². The van der Waals surface area contributed by atoms with E-state index in [0.717, 1.165) is 11.4 Å². The van der Waals surface area contributed by atoms with Crippen LogP contribution < -0.4 is 11.1 Å². The monoisotopic (exact) mass is 369 g/mol. The molecule has 1 aromatic heterocycles. The van der Waals surface area contributed by atoms with Gasteiger partial charge >= 0.3 is 0 Å². The number of aryl methyl sites for hydroxylation is 1. The van der Waals surface area contributed by atoms with Crippen LogP contribution in [0.25, 0.3) is 0 Å². The predicted octanol–water partition coefficient (Wildman–Crippen LogP) is 3.01. The van der Waals surface area contributed by atoms with E-state index < -0.39 is 5.92 Å². The van der Waals surface area contributed by atoms with E-state index in [2.05, 4.69) is 10.3 Å². The number of nitrogens with one attached hydrogen (secondary N) is 1. The van der Waals surface area contributed by atoms with E-state index in [0.29, 0.717) is 32.2 Å². The van der Waals surface area contributed by atoms with Gasteiger partial charge in [-0.15, -0.1) is 24.8 Å². The molecule has 4 nitrogen and oxygen atoms in total. The number of halogens is 4. The number of rotatable bonds is 5. The van der Waals surface area contributed by atoms with Crippen LogP contribution in [0.4, 0.5) is 8.78 Å². The Balaban J connectivity index is 0.00000242. The maximum absolute atomic E-state index is 13.0. The van der Waals surface area contributed by atoms with Crippen LogP contribution in [0, 0.1) is 0 Å². The van der Waals surface area contributed by atoms with Crippen molar-refractivity contribution in [3.05, 3.63) is 29.6 Å². The maximum atomic E-state index is 13.0. The molecule has 1 fully saturated rings. The van der Waals surface area contributed by atoms with Crippen LogP contribution in [-0.4, -0.2) is 22.9 Å². The van der Waals surface area contributed by atoms with E-state index in [1.54, 1.807) is 0 Å². The number of amides is 1. The number of hydrogen-bond acceptors (Lipinski definition) is 3. The predicted molar refractivity (Wildman–Crippen MR) is 90.3 cm³/mol. The highest BCUT2D eigenvalue weighted by molar-refractivity contribution is 5.85. The molecule has 0 radical (unpaired) electrons. The van der Waals surface area contributed by atoms with Crippen molar-refractivity contribution < 1.29 is 13.6 Å². The Kier molecular flexibility index (Phi) is 9.58. The average molecular weight is 370 g/mol. The standard InChI is InChI=1S/C15H21F2N3O.2ClH/c16-15(17)8-6-12(7-9-15)20-14(21)5-4-11-2-1-3-13(10-18)19-11;;/h1-3,12H,4-10,18H2,(H,20,21);2*1H. The van der Waals surface area contributed by atoms with Crippen molar-refractivity contribution in [2.45, 2.75) is 57.0 Å². The molecule has 1 aromatic rings. The minimum Gasteiger partial charge on any atom is -0.353 e. The minimum absolute atomic E-state index is 0. The first-order valence-corrected chi connectivity index (χ1v) is 7.30. The SMILES string of the molecule is Cl.Cl.NCc1cccc(CCC(=O)NC2CCC(F)(F)CC2)n1. The Bertz CT molecular complexity index is 493. The molecule has 23 heavy (non-hydrogen) atoms. The molecule has 8 heteroatoms. The van der Waals surface area contributed by atoms with Crippen LogP contribution in [0.2, 0.25) is 0 Å². The Morgan fingerprint density at radius 2 is 1.87 bits per heavy atom. The number of aromatic nitrogens is 1. The van der Waals surface area contributed by atoms with Gasteiger partial charge in [0.25, 0.3) is 0 Å². The summed E-state index contributed by atoms with van der Waals surface area (Å²) < 4.78 is 26.0. The van der Waals surface area contributed by atoms with Crippen molar-refractivity contribution in [3.8, 4) is 0 Å². The van der Waals surface area contributed by atoms with Gasteiger partial charge in [-0.3, -0.25) is 9.78 Å². The number of nitrogens with zero attached hydrogens (tertiary/aromatic N) is 1. The summed E-state index contributed by atoms with van der Waals surface area (Å²) in [5, 5.41) is 2.83. The third kappa shape index (κ3) is 7.42. The molecule has 1 aliphatic rings. The average Bonchev–Trinajstić information content (AvgIpc) is 2.48. The van der Waals surface area contributed by atoms with Crippen LogP contribution >= 0.6 is 24.8 Å². The Hall–Kier alpha value is -0.980. The lowest BCUT2D eigenvalue weighted by Crippen LogP contribution is -2.40. The summed E-state index contributed by atoms with van der Waals surface area (Å²) in [6, 6.07) is 5.44. The van der Waals surface area contributed by atoms with E-state index in [-0.39, 0.29) is 49.6 Å². The highest BCUT2D eigenvalue weighted by Crippen LogP contribution is 2.32. The van der Waals surface area contributed by atoms with Gasteiger partial charge in [-0.2, -0.15) is 0 Å². The first kappa shape index (κ1) is 22.0. The normalized spacial score (nSPS) is 16.8. The number of carbonyl (C=O) groups excluding carboxylic acids is 1. The number of hydrogen-bond donors (Lipinski definition) is 2. The van der Waals surface area contributed by atoms with Crippen molar-refractivity contribution in [1.82, 2.24) is 10.3 Å². The lowest BCUT2D eigenvalue weighted by molar-refractivity contribution is -0.122. The van der Waals surface area contributed by atoms with Crippen LogP contribution in [0.5, 0.6) is 0 Å². The summed E-state index contributed by atoms with van der Waals surface area (Å²) in [5.74, 6) is -2.67. The van der Waals surface area contributed by atoms with E-state index in [1.807, 2.05) is 18.2 Å². The molecule has 1 saturated carbocycles. The summed E-state index contributed by atoms with van der Waals surface area (Å²) in [6.07, 6.45) is 1.26. The van der Waals surface area contributed by atoms with E-state index in [1.165, 1.54) is 0 Å². The van der Waals surface area contributed by atoms with Crippen molar-refractivity contribution in [1.29, 1.82) is 0 Å². The fourth-order valence-corrected chi connectivity index (χ4v) is 2.51. The lowest BCUT2D eigenvalue weighted by atomic mass is 9.92. The minimum atomic E-state index is -2.56. The van der Waals surface area contributed by atoms with Crippen molar-refractivity contribution in [2.75, 3.05) is 0 Å². The van der Waals surface area contributed by atoms with Gasteiger partial charge in [-0.05, 0) is 31.4 Å². The summed E-state index contributed by atoms with van der Waals surface area (Å²) >= 11 is 0. The molecular weight excluding hydrogens is 347 g/mol. The van der Waals surface area contributed by atoms with Gasteiger partial charge in [0.1, 0.15) is 0 Å². The van der Waals surface area contributed by atoms with Crippen LogP contribution in [0.3, 0.4) is 0 Å². The molecule has 0 bridgehead atoms. The molecule has 0 unspecified atom stereocenters. The number of carbonyl (C=O) groups is 1. The molecule has 0 aliphatic heterocycles. The number of pyridine rings is 1. The van der Waals surface area contributed by atoms with Crippen LogP contribution in [0.15, 0.2) is 18.2 Å². The van der Waals surface area contributed by atoms with Gasteiger partial charge in [0.15, 0.2) is 0 Å². The van der Waals surface area contributed by atoms with Gasteiger partial charge in [-0.1, -0.05) is 6.07 Å². The van der Waals surface area contributed by atoms with Gasteiger partial charge < -0.3 is 11.1 Å². The maximum Gasteiger partial charge on any atom is 0.248 e. The van der Waals surface area contributed by atoms with Gasteiger partial charge in [0, 0.05) is 37.5 Å². The second-order valence-corrected chi connectivity index (χ2v) is 5.52. The third-order valence-electron chi connectivity index (χ3n) is 3.76. The molecule has 2 rings (SSSR count). The fourth-order valence-electron chi connectivity index (χ4n) is 2.51. The van der Waals surface area contributed by atoms with Gasteiger partial charge in [-0.25, -0.2) is 8.78 Å². The molecule has 0 atom stereocenters. The summed E-state index contributed by atoms with van der Waals surface area (Å²) in [7, 11) is 0. The second kappa shape index (κ2) is 10.0. The van der Waals surface area contributed by atoms with Crippen molar-refractivity contribution in [2.24, 2.45) is 5.73 Å². The molecular formula is C15H23Cl2F2N3O. The molecule has 0 aromatic carbocycles. The zero-order valence-corrected chi connectivity index (χ0v) is 14.4. The van der Waals surface area contributed by atoms with Crippen molar-refractivity contribution >= 4 is 30.7 Å². The lowest BCUT2D eigenvalue weighted by Gasteiger charge is -2.28. The molecule has 1 aliphatic carbocycles. The molecule has 0 spiro atoms. The second-order valence-electron chi connectivity index (χ2n) is 5.52. The molecule has 0 saturated heterocycles.